The Labute approximate surface area is 92.1 Å². The van der Waals surface area contributed by atoms with Crippen LogP contribution in [0.4, 0.5) is 0 Å². The molecule has 0 aliphatic heterocycles. The van der Waals surface area contributed by atoms with E-state index in [1.54, 1.807) is 0 Å². The standard InChI is InChI=1S/C14H20O/c1-9-7-10-5-6-11(14(2,3)4)8-12(10)13(9)15/h5-6,8-9,13,15H,7H2,1-4H3. The van der Waals surface area contributed by atoms with Crippen molar-refractivity contribution in [3.8, 4) is 0 Å². The SMILES string of the molecule is CC1Cc2ccc(C(C)(C)C)cc2C1O. The first kappa shape index (κ1) is 10.7. The summed E-state index contributed by atoms with van der Waals surface area (Å²) in [6.45, 7) is 8.74. The molecule has 2 rings (SSSR count). The maximum absolute atomic E-state index is 10.0. The van der Waals surface area contributed by atoms with Gasteiger partial charge in [-0.25, -0.2) is 0 Å². The minimum absolute atomic E-state index is 0.167. The van der Waals surface area contributed by atoms with Gasteiger partial charge in [0.25, 0.3) is 0 Å². The van der Waals surface area contributed by atoms with Crippen molar-refractivity contribution < 1.29 is 5.11 Å². The van der Waals surface area contributed by atoms with Crippen LogP contribution in [0.1, 0.15) is 50.5 Å². The highest BCUT2D eigenvalue weighted by Gasteiger charge is 2.28. The van der Waals surface area contributed by atoms with Crippen LogP contribution in [0, 0.1) is 5.92 Å². The van der Waals surface area contributed by atoms with E-state index in [2.05, 4.69) is 45.9 Å². The molecule has 2 unspecified atom stereocenters. The molecule has 82 valence electrons. The summed E-state index contributed by atoms with van der Waals surface area (Å²) < 4.78 is 0. The van der Waals surface area contributed by atoms with Crippen LogP contribution in [0.3, 0.4) is 0 Å². The van der Waals surface area contributed by atoms with Crippen LogP contribution in [-0.2, 0) is 11.8 Å². The lowest BCUT2D eigenvalue weighted by atomic mass is 9.85. The first-order chi connectivity index (χ1) is 6.89. The molecule has 0 saturated heterocycles. The van der Waals surface area contributed by atoms with Crippen LogP contribution in [0.5, 0.6) is 0 Å². The van der Waals surface area contributed by atoms with Gasteiger partial charge in [-0.2, -0.15) is 0 Å². The Bertz CT molecular complexity index is 373. The van der Waals surface area contributed by atoms with Crippen molar-refractivity contribution in [3.63, 3.8) is 0 Å². The van der Waals surface area contributed by atoms with Crippen LogP contribution in [0.2, 0.25) is 0 Å². The van der Waals surface area contributed by atoms with Gasteiger partial charge in [0, 0.05) is 0 Å². The van der Waals surface area contributed by atoms with Gasteiger partial charge in [0.15, 0.2) is 0 Å². The molecule has 0 fully saturated rings. The van der Waals surface area contributed by atoms with Crippen LogP contribution >= 0.6 is 0 Å². The van der Waals surface area contributed by atoms with E-state index in [-0.39, 0.29) is 11.5 Å². The molecule has 0 saturated carbocycles. The molecule has 1 nitrogen and oxygen atoms in total. The first-order valence-electron chi connectivity index (χ1n) is 5.71. The number of benzene rings is 1. The summed E-state index contributed by atoms with van der Waals surface area (Å²) in [5.74, 6) is 0.371. The third-order valence-corrected chi connectivity index (χ3v) is 3.41. The van der Waals surface area contributed by atoms with E-state index in [4.69, 9.17) is 0 Å². The smallest absolute Gasteiger partial charge is 0.0821 e. The average molecular weight is 204 g/mol. The molecule has 15 heavy (non-hydrogen) atoms. The van der Waals surface area contributed by atoms with E-state index in [1.165, 1.54) is 11.1 Å². The summed E-state index contributed by atoms with van der Waals surface area (Å²) in [6.07, 6.45) is 0.753. The van der Waals surface area contributed by atoms with Crippen molar-refractivity contribution in [2.75, 3.05) is 0 Å². The number of hydrogen-bond donors (Lipinski definition) is 1. The van der Waals surface area contributed by atoms with Gasteiger partial charge in [0.1, 0.15) is 0 Å². The minimum Gasteiger partial charge on any atom is -0.388 e. The number of aliphatic hydroxyl groups is 1. The number of fused-ring (bicyclic) bond motifs is 1. The molecule has 1 N–H and O–H groups in total. The summed E-state index contributed by atoms with van der Waals surface area (Å²) in [6, 6.07) is 6.57. The summed E-state index contributed by atoms with van der Waals surface area (Å²) >= 11 is 0. The molecule has 2 atom stereocenters. The monoisotopic (exact) mass is 204 g/mol. The Morgan fingerprint density at radius 3 is 2.53 bits per heavy atom. The molecular weight excluding hydrogens is 184 g/mol. The third kappa shape index (κ3) is 1.81. The molecule has 0 amide bonds. The lowest BCUT2D eigenvalue weighted by molar-refractivity contribution is 0.132. The first-order valence-corrected chi connectivity index (χ1v) is 5.71. The van der Waals surface area contributed by atoms with Gasteiger partial charge >= 0.3 is 0 Å². The maximum Gasteiger partial charge on any atom is 0.0821 e. The molecule has 0 aromatic heterocycles. The molecule has 1 aliphatic rings. The summed E-state index contributed by atoms with van der Waals surface area (Å²) in [4.78, 5) is 0. The van der Waals surface area contributed by atoms with Crippen LogP contribution < -0.4 is 0 Å². The largest absolute Gasteiger partial charge is 0.388 e. The van der Waals surface area contributed by atoms with Crippen LogP contribution in [0.15, 0.2) is 18.2 Å². The van der Waals surface area contributed by atoms with E-state index in [1.807, 2.05) is 0 Å². The Morgan fingerprint density at radius 1 is 1.27 bits per heavy atom. The van der Waals surface area contributed by atoms with Crippen molar-refractivity contribution >= 4 is 0 Å². The second-order valence-corrected chi connectivity index (χ2v) is 5.79. The fraction of sp³-hybridized carbons (Fsp3) is 0.571. The molecular formula is C14H20O. The van der Waals surface area contributed by atoms with Gasteiger partial charge in [-0.05, 0) is 34.4 Å². The van der Waals surface area contributed by atoms with Gasteiger partial charge in [-0.1, -0.05) is 45.9 Å². The van der Waals surface area contributed by atoms with Crippen LogP contribution in [0.25, 0.3) is 0 Å². The van der Waals surface area contributed by atoms with E-state index in [0.717, 1.165) is 12.0 Å². The normalized spacial score (nSPS) is 25.4. The number of hydrogen-bond acceptors (Lipinski definition) is 1. The van der Waals surface area contributed by atoms with E-state index in [9.17, 15) is 5.11 Å². The second-order valence-electron chi connectivity index (χ2n) is 5.79. The topological polar surface area (TPSA) is 20.2 Å². The molecule has 1 aromatic rings. The second kappa shape index (κ2) is 3.34. The molecule has 1 aliphatic carbocycles. The van der Waals surface area contributed by atoms with Crippen molar-refractivity contribution in [2.45, 2.75) is 45.6 Å². The highest BCUT2D eigenvalue weighted by molar-refractivity contribution is 5.40. The Kier molecular flexibility index (Phi) is 2.38. The molecule has 1 heteroatoms. The van der Waals surface area contributed by atoms with Gasteiger partial charge in [0.05, 0.1) is 6.10 Å². The Balaban J connectivity index is 2.44. The fourth-order valence-corrected chi connectivity index (χ4v) is 2.29. The predicted molar refractivity (Wildman–Crippen MR) is 63.0 cm³/mol. The predicted octanol–water partition coefficient (Wildman–Crippen LogP) is 3.21. The number of aliphatic hydroxyl groups excluding tert-OH is 1. The van der Waals surface area contributed by atoms with E-state index in [0.29, 0.717) is 5.92 Å². The van der Waals surface area contributed by atoms with Crippen molar-refractivity contribution in [1.82, 2.24) is 0 Å². The van der Waals surface area contributed by atoms with Gasteiger partial charge in [-0.15, -0.1) is 0 Å². The van der Waals surface area contributed by atoms with Crippen molar-refractivity contribution in [3.05, 3.63) is 34.9 Å². The van der Waals surface area contributed by atoms with E-state index < -0.39 is 0 Å². The zero-order valence-corrected chi connectivity index (χ0v) is 10.0. The zero-order chi connectivity index (χ0) is 11.2. The molecule has 0 spiro atoms. The summed E-state index contributed by atoms with van der Waals surface area (Å²) in [5, 5.41) is 10.0. The van der Waals surface area contributed by atoms with Gasteiger partial charge in [0.2, 0.25) is 0 Å². The van der Waals surface area contributed by atoms with Gasteiger partial charge in [-0.3, -0.25) is 0 Å². The molecule has 0 heterocycles. The zero-order valence-electron chi connectivity index (χ0n) is 10.0. The van der Waals surface area contributed by atoms with E-state index >= 15 is 0 Å². The summed E-state index contributed by atoms with van der Waals surface area (Å²) in [7, 11) is 0. The minimum atomic E-state index is -0.262. The quantitative estimate of drug-likeness (QED) is 0.688. The summed E-state index contributed by atoms with van der Waals surface area (Å²) in [5.41, 5.74) is 3.95. The lowest BCUT2D eigenvalue weighted by Crippen LogP contribution is -2.11. The third-order valence-electron chi connectivity index (χ3n) is 3.41. The average Bonchev–Trinajstić information content (AvgIpc) is 2.41. The van der Waals surface area contributed by atoms with Gasteiger partial charge < -0.3 is 5.11 Å². The Morgan fingerprint density at radius 2 is 1.93 bits per heavy atom. The molecule has 1 aromatic carbocycles. The maximum atomic E-state index is 10.0. The lowest BCUT2D eigenvalue weighted by Gasteiger charge is -2.20. The Hall–Kier alpha value is -0.820. The number of rotatable bonds is 0. The van der Waals surface area contributed by atoms with Crippen LogP contribution in [-0.4, -0.2) is 5.11 Å². The van der Waals surface area contributed by atoms with Crippen molar-refractivity contribution in [1.29, 1.82) is 0 Å². The molecule has 0 bridgehead atoms. The highest BCUT2D eigenvalue weighted by Crippen LogP contribution is 2.37. The molecule has 0 radical (unpaired) electrons. The van der Waals surface area contributed by atoms with Crippen molar-refractivity contribution in [2.24, 2.45) is 5.92 Å². The highest BCUT2D eigenvalue weighted by atomic mass is 16.3. The fourth-order valence-electron chi connectivity index (χ4n) is 2.29.